The molecule has 1 saturated carbocycles. The minimum absolute atomic E-state index is 0.154. The minimum atomic E-state index is -0.154. The van der Waals surface area contributed by atoms with Gasteiger partial charge in [0.05, 0.1) is 5.54 Å². The van der Waals surface area contributed by atoms with Crippen LogP contribution in [-0.2, 0) is 4.79 Å². The first kappa shape index (κ1) is 18.0. The van der Waals surface area contributed by atoms with Gasteiger partial charge in [-0.1, -0.05) is 53.2 Å². The van der Waals surface area contributed by atoms with Crippen LogP contribution in [0, 0.1) is 11.3 Å². The van der Waals surface area contributed by atoms with Gasteiger partial charge in [0.2, 0.25) is 5.91 Å². The summed E-state index contributed by atoms with van der Waals surface area (Å²) in [5.41, 5.74) is 1.75. The SMILES string of the molecule is C=CCSSCCC(=O)NC1(C)C=C2CC(C)CC(C)(C2)C1. The van der Waals surface area contributed by atoms with E-state index in [1.165, 1.54) is 19.3 Å². The molecule has 3 atom stereocenters. The van der Waals surface area contributed by atoms with Gasteiger partial charge in [0, 0.05) is 17.9 Å². The topological polar surface area (TPSA) is 29.1 Å². The van der Waals surface area contributed by atoms with Crippen molar-refractivity contribution in [1.82, 2.24) is 5.32 Å². The number of rotatable bonds is 7. The molecule has 2 bridgehead atoms. The summed E-state index contributed by atoms with van der Waals surface area (Å²) < 4.78 is 0. The second kappa shape index (κ2) is 7.48. The number of amides is 1. The van der Waals surface area contributed by atoms with Gasteiger partial charge in [-0.05, 0) is 43.9 Å². The lowest BCUT2D eigenvalue weighted by Gasteiger charge is -2.48. The monoisotopic (exact) mass is 339 g/mol. The first-order valence-corrected chi connectivity index (χ1v) is 10.7. The van der Waals surface area contributed by atoms with E-state index in [0.717, 1.165) is 23.8 Å². The lowest BCUT2D eigenvalue weighted by molar-refractivity contribution is -0.122. The Bertz CT molecular complexity index is 462. The predicted molar refractivity (Wildman–Crippen MR) is 100 cm³/mol. The molecule has 0 saturated heterocycles. The summed E-state index contributed by atoms with van der Waals surface area (Å²) in [5, 5.41) is 3.30. The van der Waals surface area contributed by atoms with Crippen LogP contribution in [0.15, 0.2) is 24.3 Å². The van der Waals surface area contributed by atoms with E-state index in [9.17, 15) is 4.79 Å². The lowest BCUT2D eigenvalue weighted by atomic mass is 9.60. The van der Waals surface area contributed by atoms with Gasteiger partial charge in [-0.25, -0.2) is 0 Å². The van der Waals surface area contributed by atoms with Crippen molar-refractivity contribution < 1.29 is 4.79 Å². The molecule has 0 aromatic rings. The summed E-state index contributed by atoms with van der Waals surface area (Å²) in [6.45, 7) is 10.6. The van der Waals surface area contributed by atoms with Gasteiger partial charge < -0.3 is 5.32 Å². The molecule has 0 aliphatic heterocycles. The number of hydrogen-bond acceptors (Lipinski definition) is 3. The standard InChI is InChI=1S/C18H29NOS2/c1-5-7-21-22-8-6-16(20)19-18(4)12-15-9-14(2)10-17(3,11-15)13-18/h5,12,14H,1,6-11,13H2,2-4H3,(H,19,20). The number of carbonyl (C=O) groups excluding carboxylic acids is 1. The minimum Gasteiger partial charge on any atom is -0.347 e. The highest BCUT2D eigenvalue weighted by atomic mass is 33.1. The molecule has 0 heterocycles. The van der Waals surface area contributed by atoms with Crippen molar-refractivity contribution in [3.63, 3.8) is 0 Å². The fraction of sp³-hybridized carbons (Fsp3) is 0.722. The van der Waals surface area contributed by atoms with Gasteiger partial charge in [-0.2, -0.15) is 0 Å². The van der Waals surface area contributed by atoms with Gasteiger partial charge in [0.15, 0.2) is 0 Å². The smallest absolute Gasteiger partial charge is 0.221 e. The Morgan fingerprint density at radius 1 is 1.50 bits per heavy atom. The molecular formula is C18H29NOS2. The fourth-order valence-corrected chi connectivity index (χ4v) is 6.20. The van der Waals surface area contributed by atoms with Crippen LogP contribution in [0.5, 0.6) is 0 Å². The maximum Gasteiger partial charge on any atom is 0.221 e. The molecule has 2 aliphatic rings. The predicted octanol–water partition coefficient (Wildman–Crippen LogP) is 4.98. The van der Waals surface area contributed by atoms with Crippen LogP contribution in [0.25, 0.3) is 0 Å². The molecule has 3 unspecified atom stereocenters. The second-order valence-electron chi connectivity index (χ2n) is 7.59. The Hall–Kier alpha value is -0.350. The Balaban J connectivity index is 1.87. The summed E-state index contributed by atoms with van der Waals surface area (Å²) in [7, 11) is 3.51. The van der Waals surface area contributed by atoms with Gasteiger partial charge >= 0.3 is 0 Å². The van der Waals surface area contributed by atoms with Gasteiger partial charge in [0.25, 0.3) is 0 Å². The molecule has 0 aromatic carbocycles. The molecule has 2 nitrogen and oxygen atoms in total. The molecule has 0 spiro atoms. The van der Waals surface area contributed by atoms with Gasteiger partial charge in [-0.15, -0.1) is 6.58 Å². The van der Waals surface area contributed by atoms with E-state index >= 15 is 0 Å². The van der Waals surface area contributed by atoms with Crippen LogP contribution in [0.3, 0.4) is 0 Å². The molecular weight excluding hydrogens is 310 g/mol. The number of fused-ring (bicyclic) bond motifs is 2. The van der Waals surface area contributed by atoms with Crippen LogP contribution < -0.4 is 5.32 Å². The molecule has 1 N–H and O–H groups in total. The third-order valence-electron chi connectivity index (χ3n) is 4.53. The first-order valence-electron chi connectivity index (χ1n) is 8.21. The van der Waals surface area contributed by atoms with Crippen molar-refractivity contribution in [2.24, 2.45) is 11.3 Å². The van der Waals surface area contributed by atoms with E-state index in [2.05, 4.69) is 38.7 Å². The van der Waals surface area contributed by atoms with Crippen LogP contribution in [0.2, 0.25) is 0 Å². The average molecular weight is 340 g/mol. The average Bonchev–Trinajstić information content (AvgIpc) is 2.34. The number of hydrogen-bond donors (Lipinski definition) is 1. The second-order valence-corrected chi connectivity index (χ2v) is 10.2. The van der Waals surface area contributed by atoms with E-state index in [-0.39, 0.29) is 11.4 Å². The Morgan fingerprint density at radius 2 is 2.27 bits per heavy atom. The van der Waals surface area contributed by atoms with Crippen LogP contribution in [0.1, 0.15) is 52.9 Å². The Morgan fingerprint density at radius 3 is 2.95 bits per heavy atom. The van der Waals surface area contributed by atoms with Crippen molar-refractivity contribution >= 4 is 27.5 Å². The van der Waals surface area contributed by atoms with Crippen LogP contribution >= 0.6 is 21.6 Å². The van der Waals surface area contributed by atoms with E-state index < -0.39 is 0 Å². The zero-order valence-corrected chi connectivity index (χ0v) is 15.7. The van der Waals surface area contributed by atoms with Crippen molar-refractivity contribution in [1.29, 1.82) is 0 Å². The summed E-state index contributed by atoms with van der Waals surface area (Å²) in [6, 6.07) is 0. The molecule has 2 aliphatic carbocycles. The Labute approximate surface area is 143 Å². The van der Waals surface area contributed by atoms with E-state index in [4.69, 9.17) is 0 Å². The summed E-state index contributed by atoms with van der Waals surface area (Å²) in [4.78, 5) is 12.3. The van der Waals surface area contributed by atoms with Gasteiger partial charge in [0.1, 0.15) is 0 Å². The molecule has 1 fully saturated rings. The zero-order chi connectivity index (χ0) is 16.2. The third-order valence-corrected chi connectivity index (χ3v) is 6.85. The highest BCUT2D eigenvalue weighted by Crippen LogP contribution is 2.50. The van der Waals surface area contributed by atoms with E-state index in [0.29, 0.717) is 11.8 Å². The highest BCUT2D eigenvalue weighted by Gasteiger charge is 2.43. The largest absolute Gasteiger partial charge is 0.347 e. The number of carbonyl (C=O) groups is 1. The highest BCUT2D eigenvalue weighted by molar-refractivity contribution is 8.76. The van der Waals surface area contributed by atoms with Crippen molar-refractivity contribution in [2.75, 3.05) is 11.5 Å². The van der Waals surface area contributed by atoms with E-state index in [1.54, 1.807) is 27.2 Å². The number of nitrogens with one attached hydrogen (secondary N) is 1. The van der Waals surface area contributed by atoms with Crippen LogP contribution in [0.4, 0.5) is 0 Å². The van der Waals surface area contributed by atoms with Crippen molar-refractivity contribution in [3.05, 3.63) is 24.3 Å². The molecule has 22 heavy (non-hydrogen) atoms. The normalized spacial score (nSPS) is 34.0. The summed E-state index contributed by atoms with van der Waals surface area (Å²) >= 11 is 0. The number of allylic oxidation sites excluding steroid dienone is 1. The van der Waals surface area contributed by atoms with Crippen molar-refractivity contribution in [2.45, 2.75) is 58.4 Å². The zero-order valence-electron chi connectivity index (χ0n) is 14.1. The van der Waals surface area contributed by atoms with Crippen molar-refractivity contribution in [3.8, 4) is 0 Å². The fourth-order valence-electron chi connectivity index (χ4n) is 4.44. The van der Waals surface area contributed by atoms with E-state index in [1.807, 2.05) is 6.08 Å². The molecule has 0 radical (unpaired) electrons. The first-order chi connectivity index (χ1) is 10.3. The van der Waals surface area contributed by atoms with Gasteiger partial charge in [-0.3, -0.25) is 4.79 Å². The maximum atomic E-state index is 12.3. The molecule has 0 aromatic heterocycles. The molecule has 2 rings (SSSR count). The maximum absolute atomic E-state index is 12.3. The molecule has 4 heteroatoms. The Kier molecular flexibility index (Phi) is 6.12. The lowest BCUT2D eigenvalue weighted by Crippen LogP contribution is -2.51. The quantitative estimate of drug-likeness (QED) is 0.403. The summed E-state index contributed by atoms with van der Waals surface area (Å²) in [6.07, 6.45) is 9.61. The molecule has 124 valence electrons. The van der Waals surface area contributed by atoms with Crippen LogP contribution in [-0.4, -0.2) is 23.0 Å². The molecule has 1 amide bonds. The summed E-state index contributed by atoms with van der Waals surface area (Å²) in [5.74, 6) is 2.77. The third kappa shape index (κ3) is 5.09.